The Hall–Kier alpha value is -2.30. The number of nitrogens with zero attached hydrogens (tertiary/aromatic N) is 1. The molecule has 0 unspecified atom stereocenters. The fourth-order valence-corrected chi connectivity index (χ4v) is 3.80. The van der Waals surface area contributed by atoms with E-state index >= 15 is 0 Å². The van der Waals surface area contributed by atoms with Crippen LogP contribution in [0.2, 0.25) is 0 Å². The molecule has 26 heavy (non-hydrogen) atoms. The van der Waals surface area contributed by atoms with Gasteiger partial charge in [0.25, 0.3) is 5.91 Å². The fourth-order valence-electron chi connectivity index (χ4n) is 3.80. The highest BCUT2D eigenvalue weighted by Gasteiger charge is 2.36. The Bertz CT molecular complexity index is 807. The molecule has 0 saturated carbocycles. The molecule has 0 spiro atoms. The maximum Gasteiger partial charge on any atom is 0.253 e. The maximum atomic E-state index is 13.0. The highest BCUT2D eigenvalue weighted by Crippen LogP contribution is 2.34. The second-order valence-corrected chi connectivity index (χ2v) is 6.72. The normalized spacial score (nSPS) is 21.3. The molecule has 1 saturated heterocycles. The molecule has 0 aliphatic carbocycles. The van der Waals surface area contributed by atoms with Gasteiger partial charge in [-0.25, -0.2) is 0 Å². The Morgan fingerprint density at radius 1 is 1.08 bits per heavy atom. The van der Waals surface area contributed by atoms with Crippen LogP contribution in [0.5, 0.6) is 5.75 Å². The van der Waals surface area contributed by atoms with Crippen molar-refractivity contribution in [2.24, 2.45) is 11.7 Å². The summed E-state index contributed by atoms with van der Waals surface area (Å²) in [5, 5.41) is 0. The highest BCUT2D eigenvalue weighted by molar-refractivity contribution is 5.99. The smallest absolute Gasteiger partial charge is 0.253 e. The van der Waals surface area contributed by atoms with E-state index in [2.05, 4.69) is 12.1 Å². The predicted octanol–water partition coefficient (Wildman–Crippen LogP) is 3.09. The first-order valence-electron chi connectivity index (χ1n) is 8.73. The summed E-state index contributed by atoms with van der Waals surface area (Å²) in [5.41, 5.74) is 8.92. The third-order valence-corrected chi connectivity index (χ3v) is 5.17. The lowest BCUT2D eigenvalue weighted by molar-refractivity contribution is -0.126. The van der Waals surface area contributed by atoms with Crippen LogP contribution >= 0.6 is 12.4 Å². The number of nitrogens with two attached hydrogens (primary N) is 1. The number of carbonyl (C=O) groups is 1. The van der Waals surface area contributed by atoms with Gasteiger partial charge in [-0.3, -0.25) is 4.79 Å². The predicted molar refractivity (Wildman–Crippen MR) is 105 cm³/mol. The number of hydrogen-bond acceptors (Lipinski definition) is 3. The van der Waals surface area contributed by atoms with Crippen LogP contribution in [0.15, 0.2) is 60.2 Å². The number of hydrogen-bond donors (Lipinski definition) is 1. The van der Waals surface area contributed by atoms with Crippen molar-refractivity contribution in [2.75, 3.05) is 26.2 Å². The Balaban J connectivity index is 0.00000196. The van der Waals surface area contributed by atoms with E-state index in [4.69, 9.17) is 10.5 Å². The van der Waals surface area contributed by atoms with Crippen LogP contribution in [0.25, 0.3) is 6.08 Å². The Morgan fingerprint density at radius 2 is 1.81 bits per heavy atom. The molecule has 4 nitrogen and oxygen atoms in total. The molecular weight excluding hydrogens is 348 g/mol. The van der Waals surface area contributed by atoms with E-state index < -0.39 is 0 Å². The quantitative estimate of drug-likeness (QED) is 0.903. The molecule has 136 valence electrons. The lowest BCUT2D eigenvalue weighted by Gasteiger charge is -2.22. The minimum absolute atomic E-state index is 0. The molecule has 1 amide bonds. The van der Waals surface area contributed by atoms with Crippen molar-refractivity contribution in [3.63, 3.8) is 0 Å². The minimum Gasteiger partial charge on any atom is -0.488 e. The first-order chi connectivity index (χ1) is 12.3. The van der Waals surface area contributed by atoms with E-state index in [1.165, 1.54) is 5.56 Å². The van der Waals surface area contributed by atoms with Crippen molar-refractivity contribution < 1.29 is 9.53 Å². The molecule has 4 rings (SSSR count). The summed E-state index contributed by atoms with van der Waals surface area (Å²) in [7, 11) is 0. The summed E-state index contributed by atoms with van der Waals surface area (Å²) in [5.74, 6) is 1.49. The van der Waals surface area contributed by atoms with E-state index in [1.807, 2.05) is 53.4 Å². The zero-order valence-electron chi connectivity index (χ0n) is 14.5. The van der Waals surface area contributed by atoms with Gasteiger partial charge < -0.3 is 15.4 Å². The van der Waals surface area contributed by atoms with E-state index in [9.17, 15) is 4.79 Å². The zero-order valence-corrected chi connectivity index (χ0v) is 15.3. The summed E-state index contributed by atoms with van der Waals surface area (Å²) in [6.07, 6.45) is 1.95. The van der Waals surface area contributed by atoms with Gasteiger partial charge in [-0.2, -0.15) is 0 Å². The van der Waals surface area contributed by atoms with Gasteiger partial charge in [0.05, 0.1) is 5.57 Å². The Kier molecular flexibility index (Phi) is 5.64. The third-order valence-electron chi connectivity index (χ3n) is 5.17. The summed E-state index contributed by atoms with van der Waals surface area (Å²) in [4.78, 5) is 14.9. The number of ether oxygens (including phenoxy) is 1. The average molecular weight is 371 g/mol. The lowest BCUT2D eigenvalue weighted by atomic mass is 9.89. The number of amides is 1. The van der Waals surface area contributed by atoms with E-state index in [0.29, 0.717) is 43.7 Å². The van der Waals surface area contributed by atoms with Gasteiger partial charge in [-0.05, 0) is 30.2 Å². The Labute approximate surface area is 160 Å². The summed E-state index contributed by atoms with van der Waals surface area (Å²) >= 11 is 0. The van der Waals surface area contributed by atoms with Crippen LogP contribution in [-0.2, 0) is 4.79 Å². The van der Waals surface area contributed by atoms with Crippen molar-refractivity contribution >= 4 is 24.4 Å². The summed E-state index contributed by atoms with van der Waals surface area (Å²) < 4.78 is 5.74. The van der Waals surface area contributed by atoms with Gasteiger partial charge in [0.1, 0.15) is 12.4 Å². The molecule has 0 bridgehead atoms. The molecule has 1 fully saturated rings. The van der Waals surface area contributed by atoms with Crippen LogP contribution < -0.4 is 10.5 Å². The number of fused-ring (bicyclic) bond motifs is 1. The summed E-state index contributed by atoms with van der Waals surface area (Å²) in [6, 6.07) is 18.2. The van der Waals surface area contributed by atoms with Gasteiger partial charge in [-0.1, -0.05) is 48.5 Å². The van der Waals surface area contributed by atoms with Gasteiger partial charge in [0.15, 0.2) is 0 Å². The Morgan fingerprint density at radius 3 is 2.58 bits per heavy atom. The second kappa shape index (κ2) is 7.94. The van der Waals surface area contributed by atoms with Crippen LogP contribution in [0.3, 0.4) is 0 Å². The SMILES string of the molecule is Cl.NC[C@@H]1CN(C(=O)C2=Cc3ccccc3OC2)C[C@H]1c1ccccc1. The van der Waals surface area contributed by atoms with Crippen LogP contribution in [0, 0.1) is 5.92 Å². The summed E-state index contributed by atoms with van der Waals surface area (Å²) in [6.45, 7) is 2.33. The largest absolute Gasteiger partial charge is 0.488 e. The molecule has 5 heteroatoms. The monoisotopic (exact) mass is 370 g/mol. The number of benzene rings is 2. The van der Waals surface area contributed by atoms with Crippen LogP contribution in [0.1, 0.15) is 17.0 Å². The van der Waals surface area contributed by atoms with Gasteiger partial charge in [0.2, 0.25) is 0 Å². The molecule has 2 heterocycles. The fraction of sp³-hybridized carbons (Fsp3) is 0.286. The van der Waals surface area contributed by atoms with Gasteiger partial charge in [0, 0.05) is 24.6 Å². The van der Waals surface area contributed by atoms with Gasteiger partial charge in [-0.15, -0.1) is 12.4 Å². The third kappa shape index (κ3) is 3.48. The number of rotatable bonds is 3. The average Bonchev–Trinajstić information content (AvgIpc) is 3.12. The number of carbonyl (C=O) groups excluding carboxylic acids is 1. The number of likely N-dealkylation sites (tertiary alicyclic amines) is 1. The first kappa shape index (κ1) is 18.5. The molecule has 0 radical (unpaired) electrons. The van der Waals surface area contributed by atoms with Crippen molar-refractivity contribution in [3.05, 3.63) is 71.3 Å². The van der Waals surface area contributed by atoms with E-state index in [-0.39, 0.29) is 18.3 Å². The van der Waals surface area contributed by atoms with Crippen molar-refractivity contribution in [1.29, 1.82) is 0 Å². The van der Waals surface area contributed by atoms with E-state index in [1.54, 1.807) is 0 Å². The van der Waals surface area contributed by atoms with Crippen molar-refractivity contribution in [2.45, 2.75) is 5.92 Å². The highest BCUT2D eigenvalue weighted by atomic mass is 35.5. The molecule has 2 aliphatic heterocycles. The molecule has 2 aliphatic rings. The molecule has 2 N–H and O–H groups in total. The van der Waals surface area contributed by atoms with Crippen LogP contribution in [-0.4, -0.2) is 37.0 Å². The number of para-hydroxylation sites is 1. The minimum atomic E-state index is 0. The van der Waals surface area contributed by atoms with Crippen molar-refractivity contribution in [3.8, 4) is 5.75 Å². The molecule has 0 aromatic heterocycles. The van der Waals surface area contributed by atoms with Crippen LogP contribution in [0.4, 0.5) is 0 Å². The molecule has 2 aromatic carbocycles. The topological polar surface area (TPSA) is 55.6 Å². The van der Waals surface area contributed by atoms with E-state index in [0.717, 1.165) is 11.3 Å². The van der Waals surface area contributed by atoms with Gasteiger partial charge >= 0.3 is 0 Å². The number of halogens is 1. The molecule has 2 aromatic rings. The first-order valence-corrected chi connectivity index (χ1v) is 8.73. The molecule has 2 atom stereocenters. The zero-order chi connectivity index (χ0) is 17.2. The lowest BCUT2D eigenvalue weighted by Crippen LogP contribution is -2.33. The standard InChI is InChI=1S/C21H22N2O2.ClH/c22-11-18-12-23(13-19(18)15-6-2-1-3-7-15)21(24)17-10-16-8-4-5-9-20(16)25-14-17;/h1-10,18-19H,11-14,22H2;1H/t18-,19+;/m1./s1. The maximum absolute atomic E-state index is 13.0. The second-order valence-electron chi connectivity index (χ2n) is 6.72. The van der Waals surface area contributed by atoms with Crippen molar-refractivity contribution in [1.82, 2.24) is 4.90 Å². The molecular formula is C21H23ClN2O2.